The molecule has 0 aromatic heterocycles. The Morgan fingerprint density at radius 1 is 1.12 bits per heavy atom. The molecule has 2 rings (SSSR count). The second-order valence-corrected chi connectivity index (χ2v) is 6.12. The number of rotatable bonds is 8. The van der Waals surface area contributed by atoms with E-state index < -0.39 is 0 Å². The van der Waals surface area contributed by atoms with Crippen molar-refractivity contribution in [3.8, 4) is 11.5 Å². The van der Waals surface area contributed by atoms with Crippen molar-refractivity contribution >= 4 is 17.3 Å². The third-order valence-electron chi connectivity index (χ3n) is 3.54. The van der Waals surface area contributed by atoms with Crippen molar-refractivity contribution in [2.75, 3.05) is 24.3 Å². The maximum Gasteiger partial charge on any atom is 0.226 e. The van der Waals surface area contributed by atoms with Crippen molar-refractivity contribution in [1.82, 2.24) is 0 Å². The summed E-state index contributed by atoms with van der Waals surface area (Å²) in [5.41, 5.74) is 2.72. The van der Waals surface area contributed by atoms with E-state index >= 15 is 0 Å². The minimum Gasteiger partial charge on any atom is -0.495 e. The van der Waals surface area contributed by atoms with Crippen molar-refractivity contribution in [3.63, 3.8) is 0 Å². The lowest BCUT2D eigenvalue weighted by Gasteiger charge is -2.12. The summed E-state index contributed by atoms with van der Waals surface area (Å²) in [7, 11) is 1.59. The van der Waals surface area contributed by atoms with E-state index in [0.717, 1.165) is 17.0 Å². The summed E-state index contributed by atoms with van der Waals surface area (Å²) < 4.78 is 10.9. The van der Waals surface area contributed by atoms with E-state index in [1.54, 1.807) is 7.11 Å². The molecule has 0 saturated carbocycles. The normalized spacial score (nSPS) is 10.4. The van der Waals surface area contributed by atoms with E-state index in [-0.39, 0.29) is 12.0 Å². The molecule has 0 aliphatic carbocycles. The number of carbonyl (C=O) groups is 1. The minimum atomic E-state index is -0.0591. The highest BCUT2D eigenvalue weighted by molar-refractivity contribution is 5.92. The van der Waals surface area contributed by atoms with Crippen LogP contribution in [0.4, 0.5) is 11.4 Å². The van der Waals surface area contributed by atoms with Gasteiger partial charge in [0.05, 0.1) is 18.9 Å². The fourth-order valence-corrected chi connectivity index (χ4v) is 2.38. The van der Waals surface area contributed by atoms with Crippen molar-refractivity contribution < 1.29 is 14.3 Å². The molecule has 0 radical (unpaired) electrons. The van der Waals surface area contributed by atoms with Crippen LogP contribution in [-0.2, 0) is 4.79 Å². The molecular weight excluding hydrogens is 316 g/mol. The molecule has 2 aromatic carbocycles. The van der Waals surface area contributed by atoms with E-state index in [0.29, 0.717) is 24.4 Å². The smallest absolute Gasteiger partial charge is 0.226 e. The Labute approximate surface area is 149 Å². The zero-order valence-electron chi connectivity index (χ0n) is 15.3. The number of nitrogens with one attached hydrogen (secondary N) is 2. The SMILES string of the molecule is COc1ccc(C)cc1NC(=O)CCNc1ccc(OC(C)C)cc1. The predicted octanol–water partition coefficient (Wildman–Crippen LogP) is 4.23. The van der Waals surface area contributed by atoms with Crippen LogP contribution in [0, 0.1) is 6.92 Å². The second kappa shape index (κ2) is 8.97. The average molecular weight is 342 g/mol. The fourth-order valence-electron chi connectivity index (χ4n) is 2.38. The lowest BCUT2D eigenvalue weighted by atomic mass is 10.2. The van der Waals surface area contributed by atoms with E-state index in [9.17, 15) is 4.79 Å². The lowest BCUT2D eigenvalue weighted by molar-refractivity contribution is -0.116. The summed E-state index contributed by atoms with van der Waals surface area (Å²) in [6, 6.07) is 13.4. The monoisotopic (exact) mass is 342 g/mol. The van der Waals surface area contributed by atoms with Crippen molar-refractivity contribution in [1.29, 1.82) is 0 Å². The Hall–Kier alpha value is -2.69. The Kier molecular flexibility index (Phi) is 6.69. The number of hydrogen-bond acceptors (Lipinski definition) is 4. The van der Waals surface area contributed by atoms with Gasteiger partial charge in [-0.3, -0.25) is 4.79 Å². The van der Waals surface area contributed by atoms with Crippen LogP contribution in [0.15, 0.2) is 42.5 Å². The van der Waals surface area contributed by atoms with Crippen LogP contribution in [0.25, 0.3) is 0 Å². The number of amides is 1. The van der Waals surface area contributed by atoms with Crippen LogP contribution in [0.3, 0.4) is 0 Å². The highest BCUT2D eigenvalue weighted by Gasteiger charge is 2.08. The topological polar surface area (TPSA) is 59.6 Å². The first-order chi connectivity index (χ1) is 12.0. The summed E-state index contributed by atoms with van der Waals surface area (Å²) in [6.07, 6.45) is 0.516. The summed E-state index contributed by atoms with van der Waals surface area (Å²) in [6.45, 7) is 6.51. The molecule has 0 aliphatic heterocycles. The summed E-state index contributed by atoms with van der Waals surface area (Å²) >= 11 is 0. The number of ether oxygens (including phenoxy) is 2. The van der Waals surface area contributed by atoms with Gasteiger partial charge in [-0.2, -0.15) is 0 Å². The minimum absolute atomic E-state index is 0.0591. The Morgan fingerprint density at radius 2 is 1.84 bits per heavy atom. The second-order valence-electron chi connectivity index (χ2n) is 6.12. The van der Waals surface area contributed by atoms with Crippen LogP contribution in [0.5, 0.6) is 11.5 Å². The Morgan fingerprint density at radius 3 is 2.48 bits per heavy atom. The number of carbonyl (C=O) groups excluding carboxylic acids is 1. The van der Waals surface area contributed by atoms with Crippen LogP contribution >= 0.6 is 0 Å². The molecular formula is C20H26N2O3. The number of aryl methyl sites for hydroxylation is 1. The maximum atomic E-state index is 12.1. The molecule has 0 bridgehead atoms. The number of anilines is 2. The van der Waals surface area contributed by atoms with Crippen LogP contribution in [0.1, 0.15) is 25.8 Å². The molecule has 0 saturated heterocycles. The Bertz CT molecular complexity index is 697. The van der Waals surface area contributed by atoms with Crippen LogP contribution in [0.2, 0.25) is 0 Å². The van der Waals surface area contributed by atoms with Gasteiger partial charge in [0.1, 0.15) is 11.5 Å². The number of methoxy groups -OCH3 is 1. The van der Waals surface area contributed by atoms with Gasteiger partial charge < -0.3 is 20.1 Å². The number of hydrogen-bond donors (Lipinski definition) is 2. The molecule has 1 amide bonds. The lowest BCUT2D eigenvalue weighted by Crippen LogP contribution is -2.16. The van der Waals surface area contributed by atoms with Gasteiger partial charge in [0.15, 0.2) is 0 Å². The van der Waals surface area contributed by atoms with Crippen LogP contribution < -0.4 is 20.1 Å². The van der Waals surface area contributed by atoms with Gasteiger partial charge in [-0.15, -0.1) is 0 Å². The molecule has 5 heteroatoms. The molecule has 2 aromatic rings. The summed E-state index contributed by atoms with van der Waals surface area (Å²) in [5.74, 6) is 1.44. The summed E-state index contributed by atoms with van der Waals surface area (Å²) in [5, 5.41) is 6.13. The van der Waals surface area contributed by atoms with E-state index in [1.807, 2.05) is 63.2 Å². The Balaban J connectivity index is 1.81. The standard InChI is InChI=1S/C20H26N2O3/c1-14(2)25-17-8-6-16(7-9-17)21-12-11-20(23)22-18-13-15(3)5-10-19(18)24-4/h5-10,13-14,21H,11-12H2,1-4H3,(H,22,23). The molecule has 2 N–H and O–H groups in total. The average Bonchev–Trinajstić information content (AvgIpc) is 2.56. The van der Waals surface area contributed by atoms with E-state index in [2.05, 4.69) is 10.6 Å². The van der Waals surface area contributed by atoms with E-state index in [4.69, 9.17) is 9.47 Å². The molecule has 134 valence electrons. The highest BCUT2D eigenvalue weighted by atomic mass is 16.5. The highest BCUT2D eigenvalue weighted by Crippen LogP contribution is 2.25. The van der Waals surface area contributed by atoms with E-state index in [1.165, 1.54) is 0 Å². The third kappa shape index (κ3) is 6.03. The first kappa shape index (κ1) is 18.6. The fraction of sp³-hybridized carbons (Fsp3) is 0.350. The zero-order chi connectivity index (χ0) is 18.2. The third-order valence-corrected chi connectivity index (χ3v) is 3.54. The van der Waals surface area contributed by atoms with Gasteiger partial charge in [0, 0.05) is 18.7 Å². The largest absolute Gasteiger partial charge is 0.495 e. The van der Waals surface area contributed by atoms with Gasteiger partial charge >= 0.3 is 0 Å². The van der Waals surface area contributed by atoms with Gasteiger partial charge in [-0.05, 0) is 62.7 Å². The van der Waals surface area contributed by atoms with Gasteiger partial charge in [-0.25, -0.2) is 0 Å². The van der Waals surface area contributed by atoms with Gasteiger partial charge in [-0.1, -0.05) is 6.07 Å². The first-order valence-electron chi connectivity index (χ1n) is 8.43. The molecule has 0 unspecified atom stereocenters. The van der Waals surface area contributed by atoms with Gasteiger partial charge in [0.2, 0.25) is 5.91 Å². The maximum absolute atomic E-state index is 12.1. The predicted molar refractivity (Wildman–Crippen MR) is 102 cm³/mol. The molecule has 25 heavy (non-hydrogen) atoms. The van der Waals surface area contributed by atoms with Crippen LogP contribution in [-0.4, -0.2) is 25.7 Å². The molecule has 0 fully saturated rings. The number of benzene rings is 2. The molecule has 0 heterocycles. The molecule has 5 nitrogen and oxygen atoms in total. The quantitative estimate of drug-likeness (QED) is 0.754. The first-order valence-corrected chi connectivity index (χ1v) is 8.43. The molecule has 0 atom stereocenters. The zero-order valence-corrected chi connectivity index (χ0v) is 15.3. The summed E-state index contributed by atoms with van der Waals surface area (Å²) in [4.78, 5) is 12.1. The molecule has 0 spiro atoms. The van der Waals surface area contributed by atoms with Gasteiger partial charge in [0.25, 0.3) is 0 Å². The molecule has 0 aliphatic rings. The van der Waals surface area contributed by atoms with Crippen molar-refractivity contribution in [3.05, 3.63) is 48.0 Å². The van der Waals surface area contributed by atoms with Crippen molar-refractivity contribution in [2.45, 2.75) is 33.3 Å². The van der Waals surface area contributed by atoms with Crippen molar-refractivity contribution in [2.24, 2.45) is 0 Å².